The molecule has 26 heavy (non-hydrogen) atoms. The molecule has 0 spiro atoms. The Hall–Kier alpha value is -3.19. The standard InChI is InChI=1S/C19H15N3O3S/c1-12(23)13-6-5-7-14(10-13)20-11-16-17(24)21-19(26)22(18(16)25)15-8-3-2-4-9-15/h2-11,16H,1H3,(H,21,24,26)/t16-/m0/s1. The second-order valence-electron chi connectivity index (χ2n) is 5.67. The summed E-state index contributed by atoms with van der Waals surface area (Å²) in [6, 6.07) is 15.5. The summed E-state index contributed by atoms with van der Waals surface area (Å²) in [5, 5.41) is 2.56. The van der Waals surface area contributed by atoms with Crippen molar-refractivity contribution in [3.8, 4) is 0 Å². The number of aliphatic imine (C=N–C) groups is 1. The van der Waals surface area contributed by atoms with Crippen molar-refractivity contribution >= 4 is 52.5 Å². The van der Waals surface area contributed by atoms with Gasteiger partial charge in [-0.05, 0) is 43.4 Å². The van der Waals surface area contributed by atoms with Gasteiger partial charge in [-0.3, -0.25) is 24.3 Å². The smallest absolute Gasteiger partial charge is 0.251 e. The third-order valence-corrected chi connectivity index (χ3v) is 4.13. The average Bonchev–Trinajstić information content (AvgIpc) is 2.62. The quantitative estimate of drug-likeness (QED) is 0.391. The van der Waals surface area contributed by atoms with Crippen LogP contribution in [-0.2, 0) is 9.59 Å². The second-order valence-corrected chi connectivity index (χ2v) is 6.05. The molecule has 6 nitrogen and oxygen atoms in total. The van der Waals surface area contributed by atoms with Crippen LogP contribution in [0.3, 0.4) is 0 Å². The molecule has 2 aromatic rings. The Morgan fingerprint density at radius 2 is 1.88 bits per heavy atom. The lowest BCUT2D eigenvalue weighted by Crippen LogP contribution is -2.58. The minimum absolute atomic E-state index is 0.0365. The zero-order valence-corrected chi connectivity index (χ0v) is 14.7. The molecule has 130 valence electrons. The summed E-state index contributed by atoms with van der Waals surface area (Å²) in [4.78, 5) is 41.9. The van der Waals surface area contributed by atoms with Crippen LogP contribution in [0.1, 0.15) is 17.3 Å². The van der Waals surface area contributed by atoms with Crippen LogP contribution in [0.4, 0.5) is 11.4 Å². The van der Waals surface area contributed by atoms with Gasteiger partial charge in [0.05, 0.1) is 11.4 Å². The number of benzene rings is 2. The molecule has 1 heterocycles. The van der Waals surface area contributed by atoms with Crippen LogP contribution in [0, 0.1) is 5.92 Å². The van der Waals surface area contributed by atoms with Crippen molar-refractivity contribution in [1.82, 2.24) is 5.32 Å². The number of anilines is 1. The number of carbonyl (C=O) groups excluding carboxylic acids is 3. The van der Waals surface area contributed by atoms with Gasteiger partial charge in [-0.25, -0.2) is 0 Å². The number of Topliss-reactive ketones (excluding diaryl/α,β-unsaturated/α-hetero) is 1. The van der Waals surface area contributed by atoms with E-state index in [9.17, 15) is 14.4 Å². The maximum atomic E-state index is 12.8. The molecule has 1 N–H and O–H groups in total. The second kappa shape index (κ2) is 7.37. The Morgan fingerprint density at radius 3 is 2.58 bits per heavy atom. The number of ketones is 1. The Labute approximate surface area is 155 Å². The first-order valence-corrected chi connectivity index (χ1v) is 8.27. The van der Waals surface area contributed by atoms with E-state index in [0.717, 1.165) is 0 Å². The summed E-state index contributed by atoms with van der Waals surface area (Å²) in [5.41, 5.74) is 1.56. The molecule has 1 aliphatic heterocycles. The van der Waals surface area contributed by atoms with E-state index in [1.807, 2.05) is 6.07 Å². The van der Waals surface area contributed by atoms with E-state index in [2.05, 4.69) is 10.3 Å². The van der Waals surface area contributed by atoms with E-state index >= 15 is 0 Å². The van der Waals surface area contributed by atoms with Gasteiger partial charge in [0, 0.05) is 11.8 Å². The van der Waals surface area contributed by atoms with Crippen molar-refractivity contribution in [3.63, 3.8) is 0 Å². The monoisotopic (exact) mass is 365 g/mol. The molecule has 0 aliphatic carbocycles. The van der Waals surface area contributed by atoms with Crippen molar-refractivity contribution in [2.75, 3.05) is 4.90 Å². The number of hydrogen-bond acceptors (Lipinski definition) is 5. The van der Waals surface area contributed by atoms with Crippen LogP contribution in [0.15, 0.2) is 59.6 Å². The lowest BCUT2D eigenvalue weighted by molar-refractivity contribution is -0.130. The zero-order valence-electron chi connectivity index (χ0n) is 13.9. The average molecular weight is 365 g/mol. The summed E-state index contributed by atoms with van der Waals surface area (Å²) in [5.74, 6) is -2.20. The van der Waals surface area contributed by atoms with E-state index in [1.165, 1.54) is 18.0 Å². The van der Waals surface area contributed by atoms with Crippen LogP contribution in [0.5, 0.6) is 0 Å². The minimum Gasteiger partial charge on any atom is -0.301 e. The number of hydrogen-bond donors (Lipinski definition) is 1. The number of nitrogens with zero attached hydrogens (tertiary/aromatic N) is 2. The molecule has 1 saturated heterocycles. The van der Waals surface area contributed by atoms with Gasteiger partial charge in [0.2, 0.25) is 5.91 Å². The highest BCUT2D eigenvalue weighted by atomic mass is 32.1. The van der Waals surface area contributed by atoms with Gasteiger partial charge in [-0.2, -0.15) is 0 Å². The normalized spacial score (nSPS) is 17.5. The predicted molar refractivity (Wildman–Crippen MR) is 103 cm³/mol. The van der Waals surface area contributed by atoms with Gasteiger partial charge in [0.25, 0.3) is 5.91 Å². The number of thiocarbonyl (C=S) groups is 1. The number of amides is 2. The third kappa shape index (κ3) is 3.57. The highest BCUT2D eigenvalue weighted by molar-refractivity contribution is 7.80. The summed E-state index contributed by atoms with van der Waals surface area (Å²) in [6.07, 6.45) is 1.27. The lowest BCUT2D eigenvalue weighted by Gasteiger charge is -2.30. The fourth-order valence-corrected chi connectivity index (χ4v) is 2.81. The van der Waals surface area contributed by atoms with Gasteiger partial charge in [0.1, 0.15) is 0 Å². The van der Waals surface area contributed by atoms with Crippen LogP contribution < -0.4 is 10.2 Å². The Morgan fingerprint density at radius 1 is 1.15 bits per heavy atom. The SMILES string of the molecule is CC(=O)c1cccc(N=C[C@H]2C(=O)NC(=S)N(c3ccccc3)C2=O)c1. The molecular weight excluding hydrogens is 350 g/mol. The molecule has 0 saturated carbocycles. The maximum Gasteiger partial charge on any atom is 0.251 e. The highest BCUT2D eigenvalue weighted by Crippen LogP contribution is 2.21. The molecule has 1 atom stereocenters. The Kier molecular flexibility index (Phi) is 4.99. The zero-order chi connectivity index (χ0) is 18.7. The summed E-state index contributed by atoms with van der Waals surface area (Å²) >= 11 is 5.13. The van der Waals surface area contributed by atoms with Crippen LogP contribution >= 0.6 is 12.2 Å². The molecule has 1 fully saturated rings. The third-order valence-electron chi connectivity index (χ3n) is 3.84. The molecular formula is C19H15N3O3S. The molecule has 2 amide bonds. The maximum absolute atomic E-state index is 12.8. The summed E-state index contributed by atoms with van der Waals surface area (Å²) < 4.78 is 0. The number of nitrogens with one attached hydrogen (secondary N) is 1. The lowest BCUT2D eigenvalue weighted by atomic mass is 10.1. The van der Waals surface area contributed by atoms with Crippen molar-refractivity contribution in [2.24, 2.45) is 10.9 Å². The minimum atomic E-state index is -1.11. The Bertz CT molecular complexity index is 925. The van der Waals surface area contributed by atoms with Crippen molar-refractivity contribution in [2.45, 2.75) is 6.92 Å². The number of carbonyl (C=O) groups is 3. The van der Waals surface area contributed by atoms with Crippen LogP contribution in [0.2, 0.25) is 0 Å². The fourth-order valence-electron chi connectivity index (χ4n) is 2.51. The summed E-state index contributed by atoms with van der Waals surface area (Å²) in [6.45, 7) is 1.46. The topological polar surface area (TPSA) is 78.8 Å². The van der Waals surface area contributed by atoms with E-state index in [0.29, 0.717) is 16.9 Å². The number of para-hydroxylation sites is 1. The van der Waals surface area contributed by atoms with E-state index in [-0.39, 0.29) is 10.9 Å². The van der Waals surface area contributed by atoms with Gasteiger partial charge < -0.3 is 5.32 Å². The van der Waals surface area contributed by atoms with E-state index in [4.69, 9.17) is 12.2 Å². The largest absolute Gasteiger partial charge is 0.301 e. The first-order chi connectivity index (χ1) is 12.5. The Balaban J connectivity index is 1.88. The first kappa shape index (κ1) is 17.6. The van der Waals surface area contributed by atoms with E-state index in [1.54, 1.807) is 48.5 Å². The van der Waals surface area contributed by atoms with Gasteiger partial charge in [-0.15, -0.1) is 0 Å². The van der Waals surface area contributed by atoms with Crippen LogP contribution in [-0.4, -0.2) is 28.9 Å². The molecule has 0 unspecified atom stereocenters. The molecule has 0 radical (unpaired) electrons. The van der Waals surface area contributed by atoms with Gasteiger partial charge >= 0.3 is 0 Å². The molecule has 3 rings (SSSR count). The molecule has 7 heteroatoms. The van der Waals surface area contributed by atoms with Gasteiger partial charge in [-0.1, -0.05) is 30.3 Å². The molecule has 0 bridgehead atoms. The van der Waals surface area contributed by atoms with Crippen molar-refractivity contribution in [3.05, 3.63) is 60.2 Å². The number of rotatable bonds is 4. The molecule has 1 aliphatic rings. The van der Waals surface area contributed by atoms with Gasteiger partial charge in [0.15, 0.2) is 16.8 Å². The molecule has 0 aromatic heterocycles. The van der Waals surface area contributed by atoms with Crippen molar-refractivity contribution in [1.29, 1.82) is 0 Å². The molecule has 2 aromatic carbocycles. The first-order valence-electron chi connectivity index (χ1n) is 7.86. The highest BCUT2D eigenvalue weighted by Gasteiger charge is 2.38. The van der Waals surface area contributed by atoms with Crippen LogP contribution in [0.25, 0.3) is 0 Å². The van der Waals surface area contributed by atoms with E-state index < -0.39 is 17.7 Å². The summed E-state index contributed by atoms with van der Waals surface area (Å²) in [7, 11) is 0. The van der Waals surface area contributed by atoms with Crippen molar-refractivity contribution < 1.29 is 14.4 Å². The fraction of sp³-hybridized carbons (Fsp3) is 0.105. The predicted octanol–water partition coefficient (Wildman–Crippen LogP) is 2.66.